The first-order valence-corrected chi connectivity index (χ1v) is 8.65. The number of rotatable bonds is 7. The Morgan fingerprint density at radius 2 is 1.88 bits per heavy atom. The van der Waals surface area contributed by atoms with Crippen LogP contribution in [0.25, 0.3) is 11.3 Å². The number of esters is 1. The van der Waals surface area contributed by atoms with E-state index >= 15 is 0 Å². The van der Waals surface area contributed by atoms with Crippen LogP contribution in [0.3, 0.4) is 0 Å². The Balaban J connectivity index is 2.36. The molecule has 0 aliphatic carbocycles. The van der Waals surface area contributed by atoms with Crippen molar-refractivity contribution in [1.29, 1.82) is 0 Å². The van der Waals surface area contributed by atoms with Gasteiger partial charge in [-0.2, -0.15) is 0 Å². The minimum Gasteiger partial charge on any atom is -0.466 e. The summed E-state index contributed by atoms with van der Waals surface area (Å²) in [6.07, 6.45) is 0.0757. The molecule has 128 valence electrons. The summed E-state index contributed by atoms with van der Waals surface area (Å²) < 4.78 is 18.7. The van der Waals surface area contributed by atoms with E-state index in [1.165, 1.54) is 0 Å². The van der Waals surface area contributed by atoms with Crippen LogP contribution in [0.4, 0.5) is 0 Å². The summed E-state index contributed by atoms with van der Waals surface area (Å²) in [7, 11) is 0. The Labute approximate surface area is 146 Å². The van der Waals surface area contributed by atoms with Crippen molar-refractivity contribution < 1.29 is 13.7 Å². The molecule has 0 fully saturated rings. The first kappa shape index (κ1) is 18.3. The maximum Gasteiger partial charge on any atom is 0.307 e. The van der Waals surface area contributed by atoms with Gasteiger partial charge in [-0.1, -0.05) is 24.3 Å². The molecule has 2 rings (SSSR count). The van der Waals surface area contributed by atoms with E-state index in [0.29, 0.717) is 12.3 Å². The second-order valence-electron chi connectivity index (χ2n) is 5.50. The van der Waals surface area contributed by atoms with Crippen molar-refractivity contribution in [3.8, 4) is 11.3 Å². The molecule has 0 saturated heterocycles. The Morgan fingerprint density at radius 3 is 2.50 bits per heavy atom. The zero-order valence-electron chi connectivity index (χ0n) is 14.1. The highest BCUT2D eigenvalue weighted by molar-refractivity contribution is 7.63. The lowest BCUT2D eigenvalue weighted by molar-refractivity contribution is -0.143. The van der Waals surface area contributed by atoms with Crippen LogP contribution in [0.15, 0.2) is 36.4 Å². The average Bonchev–Trinajstić information content (AvgIpc) is 2.55. The average molecular weight is 346 g/mol. The lowest BCUT2D eigenvalue weighted by atomic mass is 9.99. The van der Waals surface area contributed by atoms with Crippen LogP contribution in [-0.4, -0.2) is 21.8 Å². The van der Waals surface area contributed by atoms with Gasteiger partial charge in [0, 0.05) is 5.56 Å². The number of ether oxygens (including phenoxy) is 1. The van der Waals surface area contributed by atoms with Crippen LogP contribution < -0.4 is 4.72 Å². The molecule has 1 N–H and O–H groups in total. The van der Waals surface area contributed by atoms with E-state index in [2.05, 4.69) is 9.71 Å². The Kier molecular flexibility index (Phi) is 6.63. The lowest BCUT2D eigenvalue weighted by Crippen LogP contribution is -2.22. The number of pyridine rings is 1. The highest BCUT2D eigenvalue weighted by atomic mass is 32.2. The SMILES string of the molecule is CCOC(=O)CC(N[SH]=O)c1cccc(-c2c(C)cccc2C)n1. The summed E-state index contributed by atoms with van der Waals surface area (Å²) in [5.41, 5.74) is 4.84. The third kappa shape index (κ3) is 4.49. The number of aryl methyl sites for hydroxylation is 2. The molecule has 1 unspecified atom stereocenters. The molecule has 0 aliphatic heterocycles. The van der Waals surface area contributed by atoms with Gasteiger partial charge < -0.3 is 4.74 Å². The van der Waals surface area contributed by atoms with Crippen LogP contribution in [0.2, 0.25) is 0 Å². The number of carbonyl (C=O) groups excluding carboxylic acids is 1. The fourth-order valence-corrected chi connectivity index (χ4v) is 3.02. The molecule has 0 radical (unpaired) electrons. The summed E-state index contributed by atoms with van der Waals surface area (Å²) in [5, 5.41) is 0. The third-order valence-electron chi connectivity index (χ3n) is 3.75. The van der Waals surface area contributed by atoms with Crippen LogP contribution >= 0.6 is 0 Å². The smallest absolute Gasteiger partial charge is 0.307 e. The number of nitrogens with one attached hydrogen (secondary N) is 1. The van der Waals surface area contributed by atoms with Gasteiger partial charge in [0.15, 0.2) is 0 Å². The van der Waals surface area contributed by atoms with Crippen LogP contribution in [-0.2, 0) is 21.4 Å². The van der Waals surface area contributed by atoms with E-state index in [0.717, 1.165) is 22.4 Å². The Morgan fingerprint density at radius 1 is 1.21 bits per heavy atom. The van der Waals surface area contributed by atoms with E-state index in [-0.39, 0.29) is 24.2 Å². The number of hydrogen-bond donors (Lipinski definition) is 2. The molecule has 24 heavy (non-hydrogen) atoms. The summed E-state index contributed by atoms with van der Waals surface area (Å²) in [5.74, 6) is -0.349. The topological polar surface area (TPSA) is 68.3 Å². The Bertz CT molecular complexity index is 714. The van der Waals surface area contributed by atoms with Crippen molar-refractivity contribution in [3.05, 3.63) is 53.2 Å². The van der Waals surface area contributed by atoms with Gasteiger partial charge in [0.25, 0.3) is 0 Å². The molecule has 1 aromatic carbocycles. The Hall–Kier alpha value is -2.05. The fraction of sp³-hybridized carbons (Fsp3) is 0.333. The van der Waals surface area contributed by atoms with Gasteiger partial charge in [-0.15, -0.1) is 0 Å². The summed E-state index contributed by atoms with van der Waals surface area (Å²) >= 11 is -0.250. The molecule has 6 heteroatoms. The van der Waals surface area contributed by atoms with Crippen molar-refractivity contribution in [2.45, 2.75) is 33.2 Å². The second-order valence-corrected chi connectivity index (χ2v) is 5.94. The fourth-order valence-electron chi connectivity index (χ4n) is 2.67. The number of nitrogens with zero attached hydrogens (tertiary/aromatic N) is 1. The van der Waals surface area contributed by atoms with Gasteiger partial charge in [0.1, 0.15) is 0 Å². The molecule has 1 heterocycles. The number of hydrogen-bond acceptors (Lipinski definition) is 4. The van der Waals surface area contributed by atoms with Crippen molar-refractivity contribution in [1.82, 2.24) is 9.71 Å². The molecule has 1 aromatic heterocycles. The second kappa shape index (κ2) is 8.70. The van der Waals surface area contributed by atoms with Gasteiger partial charge in [-0.3, -0.25) is 9.78 Å². The highest BCUT2D eigenvalue weighted by Gasteiger charge is 2.19. The molecule has 5 nitrogen and oxygen atoms in total. The predicted octanol–water partition coefficient (Wildman–Crippen LogP) is 2.81. The minimum atomic E-state index is -0.465. The maximum atomic E-state index is 11.8. The summed E-state index contributed by atoms with van der Waals surface area (Å²) in [6, 6.07) is 11.3. The zero-order valence-corrected chi connectivity index (χ0v) is 15.0. The molecular formula is C18H22N2O3S. The third-order valence-corrected chi connectivity index (χ3v) is 4.17. The number of thiol groups is 1. The largest absolute Gasteiger partial charge is 0.466 e. The van der Waals surface area contributed by atoms with Crippen molar-refractivity contribution >= 4 is 17.8 Å². The van der Waals surface area contributed by atoms with Crippen molar-refractivity contribution in [2.24, 2.45) is 0 Å². The quantitative estimate of drug-likeness (QED) is 0.597. The van der Waals surface area contributed by atoms with Gasteiger partial charge >= 0.3 is 5.97 Å². The normalized spacial score (nSPS) is 12.0. The van der Waals surface area contributed by atoms with E-state index in [1.807, 2.05) is 50.2 Å². The van der Waals surface area contributed by atoms with Crippen LogP contribution in [0, 0.1) is 13.8 Å². The molecule has 1 atom stereocenters. The van der Waals surface area contributed by atoms with Gasteiger partial charge in [0.05, 0.1) is 42.3 Å². The van der Waals surface area contributed by atoms with Crippen LogP contribution in [0.5, 0.6) is 0 Å². The van der Waals surface area contributed by atoms with E-state index in [1.54, 1.807) is 6.92 Å². The van der Waals surface area contributed by atoms with E-state index in [4.69, 9.17) is 4.74 Å². The van der Waals surface area contributed by atoms with Gasteiger partial charge in [0.2, 0.25) is 0 Å². The van der Waals surface area contributed by atoms with E-state index in [9.17, 15) is 9.00 Å². The molecule has 2 aromatic rings. The van der Waals surface area contributed by atoms with Gasteiger partial charge in [-0.05, 0) is 44.0 Å². The summed E-state index contributed by atoms with van der Waals surface area (Å²) in [4.78, 5) is 16.5. The van der Waals surface area contributed by atoms with Gasteiger partial charge in [-0.25, -0.2) is 8.93 Å². The molecule has 0 amide bonds. The maximum absolute atomic E-state index is 11.8. The molecule has 0 spiro atoms. The van der Waals surface area contributed by atoms with Crippen molar-refractivity contribution in [2.75, 3.05) is 6.61 Å². The number of benzene rings is 1. The van der Waals surface area contributed by atoms with Crippen LogP contribution in [0.1, 0.15) is 36.2 Å². The first-order chi connectivity index (χ1) is 11.6. The minimum absolute atomic E-state index is 0.0757. The lowest BCUT2D eigenvalue weighted by Gasteiger charge is -2.16. The molecule has 0 aliphatic rings. The monoisotopic (exact) mass is 346 g/mol. The van der Waals surface area contributed by atoms with E-state index < -0.39 is 6.04 Å². The number of aromatic nitrogens is 1. The number of carbonyl (C=O) groups is 1. The standard InChI is InChI=1S/C18H22N2O3S/c1-4-23-17(21)11-16(20-24-22)14-9-6-10-15(19-14)18-12(2)7-5-8-13(18)3/h5-10,16,24H,4,11H2,1-3H3,(H,20,22). The highest BCUT2D eigenvalue weighted by Crippen LogP contribution is 2.27. The predicted molar refractivity (Wildman–Crippen MR) is 95.8 cm³/mol. The molecule has 0 saturated carbocycles. The molecule has 0 bridgehead atoms. The zero-order chi connectivity index (χ0) is 17.5. The molecular weight excluding hydrogens is 324 g/mol. The first-order valence-electron chi connectivity index (χ1n) is 7.83. The van der Waals surface area contributed by atoms with Crippen molar-refractivity contribution in [3.63, 3.8) is 0 Å². The summed E-state index contributed by atoms with van der Waals surface area (Å²) in [6.45, 7) is 6.16.